The number of urea groups is 1. The summed E-state index contributed by atoms with van der Waals surface area (Å²) in [5, 5.41) is 17.9. The molecule has 2 aromatic carbocycles. The zero-order chi connectivity index (χ0) is 18.7. The van der Waals surface area contributed by atoms with Crippen LogP contribution < -0.4 is 67.1 Å². The maximum atomic E-state index is 12.1. The van der Waals surface area contributed by atoms with Crippen molar-refractivity contribution in [3.05, 3.63) is 64.3 Å². The zero-order valence-corrected chi connectivity index (χ0v) is 19.0. The van der Waals surface area contributed by atoms with Crippen molar-refractivity contribution in [3.63, 3.8) is 0 Å². The van der Waals surface area contributed by atoms with Crippen molar-refractivity contribution in [3.8, 4) is 0 Å². The van der Waals surface area contributed by atoms with Crippen molar-refractivity contribution in [2.24, 2.45) is 0 Å². The van der Waals surface area contributed by atoms with Crippen LogP contribution in [0.15, 0.2) is 48.7 Å². The molecule has 0 bridgehead atoms. The summed E-state index contributed by atoms with van der Waals surface area (Å²) in [7, 11) is 0. The van der Waals surface area contributed by atoms with Crippen molar-refractivity contribution in [1.82, 2.24) is 10.3 Å². The standard InChI is InChI=1S/C18H15Cl2N3O3.K/c19-11-5-6-15(13(20)8-11)22-18(26)23-16(17(24)25)7-10-9-21-14-4-2-1-3-12(10)14;/h1-6,8-9,16,21H,7H2,(H,24,25)(H2,22,23,26);/q;+1/p-1/t16-;/m1./s1. The molecule has 1 atom stereocenters. The Hall–Kier alpha value is -1.06. The predicted octanol–water partition coefficient (Wildman–Crippen LogP) is -0.0386. The van der Waals surface area contributed by atoms with Gasteiger partial charge in [0.15, 0.2) is 0 Å². The maximum absolute atomic E-state index is 12.1. The fourth-order valence-electron chi connectivity index (χ4n) is 2.62. The average Bonchev–Trinajstić information content (AvgIpc) is 3.00. The molecule has 3 aromatic rings. The van der Waals surface area contributed by atoms with Gasteiger partial charge in [-0.3, -0.25) is 0 Å². The van der Waals surface area contributed by atoms with Crippen LogP contribution in [0.3, 0.4) is 0 Å². The molecule has 0 saturated carbocycles. The van der Waals surface area contributed by atoms with E-state index in [2.05, 4.69) is 15.6 Å². The number of para-hydroxylation sites is 1. The Morgan fingerprint density at radius 2 is 1.89 bits per heavy atom. The molecule has 2 amide bonds. The summed E-state index contributed by atoms with van der Waals surface area (Å²) in [4.78, 5) is 26.7. The molecule has 0 radical (unpaired) electrons. The number of aliphatic carboxylic acids is 1. The number of carbonyl (C=O) groups excluding carboxylic acids is 2. The number of amides is 2. The van der Waals surface area contributed by atoms with Crippen LogP contribution in [0.1, 0.15) is 5.56 Å². The minimum Gasteiger partial charge on any atom is -0.548 e. The van der Waals surface area contributed by atoms with Gasteiger partial charge in [-0.25, -0.2) is 4.79 Å². The third-order valence-electron chi connectivity index (χ3n) is 3.87. The second-order valence-corrected chi connectivity index (χ2v) is 6.50. The van der Waals surface area contributed by atoms with Crippen LogP contribution in [0, 0.1) is 0 Å². The molecule has 0 aliphatic rings. The van der Waals surface area contributed by atoms with Crippen LogP contribution in [-0.2, 0) is 11.2 Å². The molecule has 0 aliphatic heterocycles. The molecule has 0 unspecified atom stereocenters. The first-order valence-electron chi connectivity index (χ1n) is 7.72. The minimum absolute atomic E-state index is 0. The van der Waals surface area contributed by atoms with Crippen molar-refractivity contribution in [2.75, 3.05) is 5.32 Å². The Bertz CT molecular complexity index is 977. The van der Waals surface area contributed by atoms with Crippen LogP contribution in [0.25, 0.3) is 10.9 Å². The number of carboxylic acid groups (broad SMARTS) is 1. The Morgan fingerprint density at radius 3 is 2.59 bits per heavy atom. The van der Waals surface area contributed by atoms with Gasteiger partial charge in [0.25, 0.3) is 0 Å². The number of halogens is 2. The molecule has 0 aliphatic carbocycles. The van der Waals surface area contributed by atoms with Crippen molar-refractivity contribution in [2.45, 2.75) is 12.5 Å². The molecule has 27 heavy (non-hydrogen) atoms. The van der Waals surface area contributed by atoms with E-state index in [1.807, 2.05) is 24.3 Å². The molecule has 0 fully saturated rings. The third-order valence-corrected chi connectivity index (χ3v) is 4.42. The van der Waals surface area contributed by atoms with Crippen molar-refractivity contribution in [1.29, 1.82) is 0 Å². The first-order chi connectivity index (χ1) is 12.4. The molecule has 134 valence electrons. The number of aromatic nitrogens is 1. The fourth-order valence-corrected chi connectivity index (χ4v) is 3.08. The van der Waals surface area contributed by atoms with Gasteiger partial charge in [-0.15, -0.1) is 0 Å². The van der Waals surface area contributed by atoms with Gasteiger partial charge in [0, 0.05) is 28.5 Å². The summed E-state index contributed by atoms with van der Waals surface area (Å²) in [5.41, 5.74) is 1.97. The number of benzene rings is 2. The Kier molecular flexibility index (Phi) is 8.17. The Labute approximate surface area is 208 Å². The average molecular weight is 430 g/mol. The van der Waals surface area contributed by atoms with Crippen LogP contribution in [-0.4, -0.2) is 23.0 Å². The van der Waals surface area contributed by atoms with Gasteiger partial charge in [-0.1, -0.05) is 41.4 Å². The number of carbonyl (C=O) groups is 2. The molecular weight excluding hydrogens is 416 g/mol. The van der Waals surface area contributed by atoms with Gasteiger partial charge in [-0.05, 0) is 29.8 Å². The molecule has 1 aromatic heterocycles. The molecule has 3 N–H and O–H groups in total. The Morgan fingerprint density at radius 1 is 1.15 bits per heavy atom. The van der Waals surface area contributed by atoms with Crippen LogP contribution >= 0.6 is 23.2 Å². The number of fused-ring (bicyclic) bond motifs is 1. The first kappa shape index (κ1) is 22.2. The minimum atomic E-state index is -1.38. The van der Waals surface area contributed by atoms with Crippen molar-refractivity contribution < 1.29 is 66.1 Å². The summed E-state index contributed by atoms with van der Waals surface area (Å²) in [5.74, 6) is -1.38. The number of carboxylic acids is 1. The van der Waals surface area contributed by atoms with Crippen LogP contribution in [0.5, 0.6) is 0 Å². The largest absolute Gasteiger partial charge is 1.00 e. The van der Waals surface area contributed by atoms with E-state index in [1.54, 1.807) is 12.3 Å². The number of hydrogen-bond acceptors (Lipinski definition) is 3. The van der Waals surface area contributed by atoms with Gasteiger partial charge in [0.1, 0.15) is 0 Å². The molecule has 9 heteroatoms. The molecule has 0 saturated heterocycles. The number of anilines is 1. The van der Waals surface area contributed by atoms with E-state index in [0.29, 0.717) is 10.7 Å². The van der Waals surface area contributed by atoms with Gasteiger partial charge in [0.05, 0.1) is 22.7 Å². The summed E-state index contributed by atoms with van der Waals surface area (Å²) in [6.07, 6.45) is 1.80. The number of nitrogens with one attached hydrogen (secondary N) is 3. The third kappa shape index (κ3) is 5.71. The second kappa shape index (κ2) is 9.93. The molecular formula is C18H14Cl2KN3O3. The monoisotopic (exact) mass is 429 g/mol. The summed E-state index contributed by atoms with van der Waals surface area (Å²) >= 11 is 11.8. The molecule has 1 heterocycles. The van der Waals surface area contributed by atoms with E-state index < -0.39 is 18.0 Å². The van der Waals surface area contributed by atoms with E-state index in [-0.39, 0.29) is 62.8 Å². The maximum Gasteiger partial charge on any atom is 1.00 e. The molecule has 3 rings (SSSR count). The SMILES string of the molecule is O=C(Nc1ccc(Cl)cc1Cl)N[C@H](Cc1c[nH]c2ccccc12)C(=O)[O-].[K+]. The van der Waals surface area contributed by atoms with E-state index in [9.17, 15) is 14.7 Å². The zero-order valence-electron chi connectivity index (χ0n) is 14.4. The smallest absolute Gasteiger partial charge is 0.548 e. The summed E-state index contributed by atoms with van der Waals surface area (Å²) in [6, 6.07) is 10.1. The molecule has 0 spiro atoms. The van der Waals surface area contributed by atoms with Gasteiger partial charge in [-0.2, -0.15) is 0 Å². The number of hydrogen-bond donors (Lipinski definition) is 3. The molecule has 6 nitrogen and oxygen atoms in total. The first-order valence-corrected chi connectivity index (χ1v) is 8.48. The van der Waals surface area contributed by atoms with Gasteiger partial charge >= 0.3 is 57.4 Å². The fraction of sp³-hybridized carbons (Fsp3) is 0.111. The normalized spacial score (nSPS) is 11.5. The van der Waals surface area contributed by atoms with Crippen molar-refractivity contribution >= 4 is 51.8 Å². The van der Waals surface area contributed by atoms with Crippen LogP contribution in [0.4, 0.5) is 10.5 Å². The van der Waals surface area contributed by atoms with E-state index >= 15 is 0 Å². The van der Waals surface area contributed by atoms with E-state index in [0.717, 1.165) is 16.5 Å². The number of rotatable bonds is 5. The van der Waals surface area contributed by atoms with Gasteiger partial charge in [0.2, 0.25) is 0 Å². The predicted molar refractivity (Wildman–Crippen MR) is 99.4 cm³/mol. The van der Waals surface area contributed by atoms with Gasteiger partial charge < -0.3 is 25.5 Å². The quantitative estimate of drug-likeness (QED) is 0.496. The summed E-state index contributed by atoms with van der Waals surface area (Å²) < 4.78 is 0. The summed E-state index contributed by atoms with van der Waals surface area (Å²) in [6.45, 7) is 0. The number of aromatic amines is 1. The topological polar surface area (TPSA) is 97.1 Å². The number of H-pyrrole nitrogens is 1. The van der Waals surface area contributed by atoms with Crippen LogP contribution in [0.2, 0.25) is 10.0 Å². The Balaban J connectivity index is 0.00000261. The van der Waals surface area contributed by atoms with E-state index in [1.165, 1.54) is 12.1 Å². The van der Waals surface area contributed by atoms with E-state index in [4.69, 9.17) is 23.2 Å². The second-order valence-electron chi connectivity index (χ2n) is 5.66.